The second kappa shape index (κ2) is 6.03. The summed E-state index contributed by atoms with van der Waals surface area (Å²) in [5.74, 6) is 0. The predicted molar refractivity (Wildman–Crippen MR) is 87.5 cm³/mol. The lowest BCUT2D eigenvalue weighted by Gasteiger charge is -2.36. The van der Waals surface area contributed by atoms with E-state index in [0.717, 1.165) is 23.1 Å². The zero-order valence-corrected chi connectivity index (χ0v) is 13.8. The van der Waals surface area contributed by atoms with Crippen LogP contribution in [0.25, 0.3) is 11.0 Å². The fourth-order valence-electron chi connectivity index (χ4n) is 2.89. The molecule has 0 amide bonds. The van der Waals surface area contributed by atoms with Crippen LogP contribution in [-0.2, 0) is 11.3 Å². The molecule has 118 valence electrons. The number of aryl methyl sites for hydroxylation is 1. The van der Waals surface area contributed by atoms with E-state index in [2.05, 4.69) is 18.7 Å². The summed E-state index contributed by atoms with van der Waals surface area (Å²) in [7, 11) is 0. The summed E-state index contributed by atoms with van der Waals surface area (Å²) in [6.07, 6.45) is 0.202. The molecule has 3 rings (SSSR count). The van der Waals surface area contributed by atoms with Crippen LogP contribution in [-0.4, -0.2) is 30.2 Å². The zero-order valence-electron chi connectivity index (χ0n) is 13.1. The lowest BCUT2D eigenvalue weighted by atomic mass is 10.1. The van der Waals surface area contributed by atoms with Crippen molar-refractivity contribution in [2.24, 2.45) is 0 Å². The molecule has 1 aromatic carbocycles. The standard InChI is InChI=1S/C17H20ClNO3/c1-10-4-16-14(6-15(10)18)13(5-17(20)22-16)8-19-7-12(3)21-9-11(19)2/h4-6,11-12H,7-9H2,1-3H3. The quantitative estimate of drug-likeness (QED) is 0.795. The number of benzene rings is 1. The van der Waals surface area contributed by atoms with Crippen molar-refractivity contribution in [3.8, 4) is 0 Å². The molecule has 5 heteroatoms. The van der Waals surface area contributed by atoms with Crippen molar-refractivity contribution in [2.45, 2.75) is 39.5 Å². The Balaban J connectivity index is 2.02. The van der Waals surface area contributed by atoms with Crippen LogP contribution < -0.4 is 5.63 Å². The summed E-state index contributed by atoms with van der Waals surface area (Å²) in [5.41, 5.74) is 2.13. The third-order valence-corrected chi connectivity index (χ3v) is 4.63. The molecule has 1 aliphatic heterocycles. The van der Waals surface area contributed by atoms with E-state index in [0.29, 0.717) is 29.8 Å². The Morgan fingerprint density at radius 1 is 1.32 bits per heavy atom. The van der Waals surface area contributed by atoms with Crippen molar-refractivity contribution in [1.29, 1.82) is 0 Å². The Bertz CT molecular complexity index is 755. The molecule has 0 bridgehead atoms. The van der Waals surface area contributed by atoms with Crippen LogP contribution in [0.5, 0.6) is 0 Å². The molecule has 2 aromatic rings. The number of nitrogens with zero attached hydrogens (tertiary/aromatic N) is 1. The highest BCUT2D eigenvalue weighted by Crippen LogP contribution is 2.26. The summed E-state index contributed by atoms with van der Waals surface area (Å²) in [4.78, 5) is 14.2. The van der Waals surface area contributed by atoms with Crippen LogP contribution in [0.1, 0.15) is 25.0 Å². The first kappa shape index (κ1) is 15.5. The number of hydrogen-bond acceptors (Lipinski definition) is 4. The van der Waals surface area contributed by atoms with Gasteiger partial charge in [0.15, 0.2) is 0 Å². The molecular weight excluding hydrogens is 302 g/mol. The van der Waals surface area contributed by atoms with Crippen LogP contribution in [0.4, 0.5) is 0 Å². The SMILES string of the molecule is Cc1cc2oc(=O)cc(CN3CC(C)OCC3C)c2cc1Cl. The van der Waals surface area contributed by atoms with Crippen molar-refractivity contribution < 1.29 is 9.15 Å². The Labute approximate surface area is 134 Å². The molecule has 1 saturated heterocycles. The average Bonchev–Trinajstić information content (AvgIpc) is 2.45. The fourth-order valence-corrected chi connectivity index (χ4v) is 3.05. The number of rotatable bonds is 2. The van der Waals surface area contributed by atoms with Crippen LogP contribution in [0.15, 0.2) is 27.4 Å². The molecule has 0 aliphatic carbocycles. The largest absolute Gasteiger partial charge is 0.423 e. The van der Waals surface area contributed by atoms with Crippen molar-refractivity contribution in [3.63, 3.8) is 0 Å². The number of fused-ring (bicyclic) bond motifs is 1. The average molecular weight is 322 g/mol. The van der Waals surface area contributed by atoms with Gasteiger partial charge in [0.1, 0.15) is 5.58 Å². The molecular formula is C17H20ClNO3. The number of ether oxygens (including phenoxy) is 1. The Hall–Kier alpha value is -1.36. The summed E-state index contributed by atoms with van der Waals surface area (Å²) in [6.45, 7) is 8.35. The minimum absolute atomic E-state index is 0.202. The van der Waals surface area contributed by atoms with Gasteiger partial charge >= 0.3 is 5.63 Å². The van der Waals surface area contributed by atoms with Gasteiger partial charge in [-0.15, -0.1) is 0 Å². The first-order valence-electron chi connectivity index (χ1n) is 7.52. The van der Waals surface area contributed by atoms with E-state index in [-0.39, 0.29) is 11.7 Å². The Morgan fingerprint density at radius 3 is 2.86 bits per heavy atom. The van der Waals surface area contributed by atoms with E-state index in [4.69, 9.17) is 20.8 Å². The highest BCUT2D eigenvalue weighted by atomic mass is 35.5. The summed E-state index contributed by atoms with van der Waals surface area (Å²) >= 11 is 6.24. The van der Waals surface area contributed by atoms with E-state index in [1.807, 2.05) is 19.1 Å². The van der Waals surface area contributed by atoms with Gasteiger partial charge in [-0.2, -0.15) is 0 Å². The highest BCUT2D eigenvalue weighted by molar-refractivity contribution is 6.32. The maximum atomic E-state index is 11.8. The van der Waals surface area contributed by atoms with Crippen LogP contribution in [0.2, 0.25) is 5.02 Å². The van der Waals surface area contributed by atoms with Gasteiger partial charge in [-0.1, -0.05) is 11.6 Å². The minimum Gasteiger partial charge on any atom is -0.423 e. The lowest BCUT2D eigenvalue weighted by molar-refractivity contribution is -0.0525. The maximum Gasteiger partial charge on any atom is 0.336 e. The molecule has 0 N–H and O–H groups in total. The van der Waals surface area contributed by atoms with Gasteiger partial charge in [-0.25, -0.2) is 4.79 Å². The lowest BCUT2D eigenvalue weighted by Crippen LogP contribution is -2.46. The van der Waals surface area contributed by atoms with E-state index >= 15 is 0 Å². The minimum atomic E-state index is -0.321. The monoisotopic (exact) mass is 321 g/mol. The van der Waals surface area contributed by atoms with E-state index < -0.39 is 0 Å². The molecule has 4 nitrogen and oxygen atoms in total. The number of morpholine rings is 1. The van der Waals surface area contributed by atoms with Crippen molar-refractivity contribution in [3.05, 3.63) is 44.8 Å². The smallest absolute Gasteiger partial charge is 0.336 e. The van der Waals surface area contributed by atoms with E-state index in [1.165, 1.54) is 0 Å². The van der Waals surface area contributed by atoms with Gasteiger partial charge in [0.05, 0.1) is 12.7 Å². The van der Waals surface area contributed by atoms with Crippen molar-refractivity contribution >= 4 is 22.6 Å². The fraction of sp³-hybridized carbons (Fsp3) is 0.471. The second-order valence-electron chi connectivity index (χ2n) is 6.11. The molecule has 2 unspecified atom stereocenters. The molecule has 22 heavy (non-hydrogen) atoms. The summed E-state index contributed by atoms with van der Waals surface area (Å²) in [5, 5.41) is 1.59. The maximum absolute atomic E-state index is 11.8. The third kappa shape index (κ3) is 3.05. The van der Waals surface area contributed by atoms with Crippen LogP contribution in [0.3, 0.4) is 0 Å². The number of halogens is 1. The van der Waals surface area contributed by atoms with Gasteiger partial charge in [-0.3, -0.25) is 4.90 Å². The highest BCUT2D eigenvalue weighted by Gasteiger charge is 2.24. The van der Waals surface area contributed by atoms with Gasteiger partial charge in [0.25, 0.3) is 0 Å². The number of hydrogen-bond donors (Lipinski definition) is 0. The predicted octanol–water partition coefficient (Wildman–Crippen LogP) is 3.36. The molecule has 1 aromatic heterocycles. The molecule has 1 fully saturated rings. The molecule has 0 radical (unpaired) electrons. The van der Waals surface area contributed by atoms with Gasteiger partial charge in [-0.05, 0) is 44.0 Å². The Morgan fingerprint density at radius 2 is 2.09 bits per heavy atom. The zero-order chi connectivity index (χ0) is 15.9. The second-order valence-corrected chi connectivity index (χ2v) is 6.52. The Kier molecular flexibility index (Phi) is 4.26. The normalized spacial score (nSPS) is 23.1. The van der Waals surface area contributed by atoms with Crippen molar-refractivity contribution in [2.75, 3.05) is 13.2 Å². The molecule has 0 saturated carbocycles. The topological polar surface area (TPSA) is 42.7 Å². The first-order valence-corrected chi connectivity index (χ1v) is 7.90. The van der Waals surface area contributed by atoms with Gasteiger partial charge < -0.3 is 9.15 Å². The first-order chi connectivity index (χ1) is 10.4. The summed E-state index contributed by atoms with van der Waals surface area (Å²) < 4.78 is 11.0. The van der Waals surface area contributed by atoms with E-state index in [9.17, 15) is 4.79 Å². The van der Waals surface area contributed by atoms with Gasteiger partial charge in [0.2, 0.25) is 0 Å². The summed E-state index contributed by atoms with van der Waals surface area (Å²) in [6, 6.07) is 5.60. The molecule has 2 atom stereocenters. The van der Waals surface area contributed by atoms with Crippen LogP contribution >= 0.6 is 11.6 Å². The van der Waals surface area contributed by atoms with Gasteiger partial charge in [0, 0.05) is 35.6 Å². The molecule has 0 spiro atoms. The molecule has 2 heterocycles. The molecule has 1 aliphatic rings. The third-order valence-electron chi connectivity index (χ3n) is 4.22. The van der Waals surface area contributed by atoms with Crippen LogP contribution in [0, 0.1) is 6.92 Å². The van der Waals surface area contributed by atoms with E-state index in [1.54, 1.807) is 6.07 Å². The van der Waals surface area contributed by atoms with Crippen molar-refractivity contribution in [1.82, 2.24) is 4.90 Å².